The van der Waals surface area contributed by atoms with Crippen molar-refractivity contribution in [2.45, 2.75) is 13.3 Å². The van der Waals surface area contributed by atoms with E-state index in [-0.39, 0.29) is 5.78 Å². The quantitative estimate of drug-likeness (QED) is 0.311. The Balaban J connectivity index is 1.70. The Labute approximate surface area is 201 Å². The van der Waals surface area contributed by atoms with Crippen LogP contribution in [0.2, 0.25) is 0 Å². The number of amides is 1. The van der Waals surface area contributed by atoms with E-state index < -0.39 is 5.91 Å². The van der Waals surface area contributed by atoms with Gasteiger partial charge in [0.25, 0.3) is 0 Å². The highest BCUT2D eigenvalue weighted by molar-refractivity contribution is 6.02. The van der Waals surface area contributed by atoms with Gasteiger partial charge in [-0.15, -0.1) is 0 Å². The molecule has 0 unspecified atom stereocenters. The number of anilines is 4. The van der Waals surface area contributed by atoms with Gasteiger partial charge in [-0.05, 0) is 24.3 Å². The van der Waals surface area contributed by atoms with E-state index in [4.69, 9.17) is 10.5 Å². The molecule has 11 nitrogen and oxygen atoms in total. The molecule has 4 rings (SSSR count). The molecule has 1 aromatic carbocycles. The van der Waals surface area contributed by atoms with Crippen molar-refractivity contribution in [3.8, 4) is 17.1 Å². The largest absolute Gasteiger partial charge is 0.494 e. The maximum absolute atomic E-state index is 12.6. The number of hydrogen-bond donors (Lipinski definition) is 3. The number of benzene rings is 1. The summed E-state index contributed by atoms with van der Waals surface area (Å²) in [5.74, 6) is 1.32. The molecule has 0 aliphatic carbocycles. The second-order valence-corrected chi connectivity index (χ2v) is 7.57. The molecule has 0 fully saturated rings. The van der Waals surface area contributed by atoms with Crippen molar-refractivity contribution in [2.75, 3.05) is 17.7 Å². The van der Waals surface area contributed by atoms with Crippen LogP contribution in [0.3, 0.4) is 0 Å². The highest BCUT2D eigenvalue weighted by Gasteiger charge is 2.18. The van der Waals surface area contributed by atoms with Crippen molar-refractivity contribution in [1.82, 2.24) is 24.7 Å². The second kappa shape index (κ2) is 10.00. The van der Waals surface area contributed by atoms with Crippen LogP contribution in [0.25, 0.3) is 11.4 Å². The van der Waals surface area contributed by atoms with Crippen LogP contribution < -0.4 is 21.1 Å². The molecule has 3 aromatic heterocycles. The molecule has 178 valence electrons. The zero-order chi connectivity index (χ0) is 24.9. The van der Waals surface area contributed by atoms with E-state index in [0.717, 1.165) is 0 Å². The predicted octanol–water partition coefficient (Wildman–Crippen LogP) is 3.46. The number of carbonyl (C=O) groups is 2. The molecule has 3 heterocycles. The van der Waals surface area contributed by atoms with E-state index in [2.05, 4.69) is 30.7 Å². The molecule has 35 heavy (non-hydrogen) atoms. The lowest BCUT2D eigenvalue weighted by Crippen LogP contribution is -2.11. The fourth-order valence-electron chi connectivity index (χ4n) is 3.42. The van der Waals surface area contributed by atoms with Gasteiger partial charge < -0.3 is 21.1 Å². The van der Waals surface area contributed by atoms with Crippen LogP contribution in [-0.4, -0.2) is 43.5 Å². The minimum Gasteiger partial charge on any atom is -0.494 e. The molecular weight excluding hydrogens is 448 g/mol. The van der Waals surface area contributed by atoms with Crippen molar-refractivity contribution >= 4 is 34.7 Å². The molecule has 4 N–H and O–H groups in total. The van der Waals surface area contributed by atoms with Crippen LogP contribution in [0.1, 0.15) is 34.1 Å². The van der Waals surface area contributed by atoms with Crippen molar-refractivity contribution in [3.63, 3.8) is 0 Å². The smallest absolute Gasteiger partial charge is 0.250 e. The molecule has 0 aliphatic heterocycles. The van der Waals surface area contributed by atoms with Crippen LogP contribution >= 0.6 is 0 Å². The van der Waals surface area contributed by atoms with Gasteiger partial charge in [-0.3, -0.25) is 14.3 Å². The van der Waals surface area contributed by atoms with Gasteiger partial charge in [0.2, 0.25) is 5.91 Å². The van der Waals surface area contributed by atoms with Crippen LogP contribution in [0.5, 0.6) is 5.75 Å². The maximum atomic E-state index is 12.6. The number of hydrogen-bond acceptors (Lipinski definition) is 9. The molecule has 4 aromatic rings. The molecule has 1 amide bonds. The Morgan fingerprint density at radius 2 is 1.83 bits per heavy atom. The third kappa shape index (κ3) is 5.08. The van der Waals surface area contributed by atoms with E-state index in [9.17, 15) is 9.59 Å². The Bertz CT molecular complexity index is 1380. The first-order chi connectivity index (χ1) is 16.9. The number of Topliss-reactive ketones (excluding diaryl/α,β-unsaturated/α-hetero) is 1. The second-order valence-electron chi connectivity index (χ2n) is 7.57. The number of aryl methyl sites for hydroxylation is 1. The zero-order valence-electron chi connectivity index (χ0n) is 19.4. The van der Waals surface area contributed by atoms with Gasteiger partial charge in [0, 0.05) is 31.9 Å². The lowest BCUT2D eigenvalue weighted by Gasteiger charge is -2.17. The summed E-state index contributed by atoms with van der Waals surface area (Å²) in [6, 6.07) is 10.4. The number of carbonyl (C=O) groups excluding carboxylic acids is 2. The van der Waals surface area contributed by atoms with Gasteiger partial charge in [-0.2, -0.15) is 5.10 Å². The van der Waals surface area contributed by atoms with Crippen LogP contribution in [0.4, 0.5) is 23.0 Å². The van der Waals surface area contributed by atoms with Gasteiger partial charge in [0.05, 0.1) is 35.2 Å². The highest BCUT2D eigenvalue weighted by Crippen LogP contribution is 2.37. The van der Waals surface area contributed by atoms with Crippen LogP contribution in [-0.2, 0) is 7.05 Å². The number of methoxy groups -OCH3 is 1. The molecule has 0 radical (unpaired) electrons. The molecule has 0 atom stereocenters. The van der Waals surface area contributed by atoms with Crippen molar-refractivity contribution in [3.05, 3.63) is 66.2 Å². The van der Waals surface area contributed by atoms with E-state index in [1.807, 2.05) is 18.2 Å². The Morgan fingerprint density at radius 1 is 1.03 bits per heavy atom. The number of primary amides is 1. The van der Waals surface area contributed by atoms with Gasteiger partial charge in [0.15, 0.2) is 17.4 Å². The summed E-state index contributed by atoms with van der Waals surface area (Å²) >= 11 is 0. The number of rotatable bonds is 9. The monoisotopic (exact) mass is 472 g/mol. The first kappa shape index (κ1) is 23.4. The summed E-state index contributed by atoms with van der Waals surface area (Å²) in [4.78, 5) is 36.8. The molecular formula is C24H24N8O3. The van der Waals surface area contributed by atoms with Gasteiger partial charge in [-0.25, -0.2) is 15.0 Å². The van der Waals surface area contributed by atoms with E-state index in [0.29, 0.717) is 57.7 Å². The minimum absolute atomic E-state index is 0.0722. The topological polar surface area (TPSA) is 150 Å². The fraction of sp³-hybridized carbons (Fsp3) is 0.167. The third-order valence-electron chi connectivity index (χ3n) is 5.16. The average Bonchev–Trinajstić information content (AvgIpc) is 3.30. The van der Waals surface area contributed by atoms with Crippen LogP contribution in [0.15, 0.2) is 55.1 Å². The summed E-state index contributed by atoms with van der Waals surface area (Å²) in [5.41, 5.74) is 7.86. The first-order valence-electron chi connectivity index (χ1n) is 10.8. The Morgan fingerprint density at radius 3 is 2.46 bits per heavy atom. The van der Waals surface area contributed by atoms with Gasteiger partial charge in [0.1, 0.15) is 18.0 Å². The van der Waals surface area contributed by atoms with Crippen molar-refractivity contribution in [1.29, 1.82) is 0 Å². The number of ketones is 1. The van der Waals surface area contributed by atoms with E-state index in [1.54, 1.807) is 50.3 Å². The SMILES string of the molecule is CCC(=O)c1cnc(Nc2ccc(C(N)=O)cn2)cc1Nc1cccc(-c2ncn(C)n2)c1OC. The summed E-state index contributed by atoms with van der Waals surface area (Å²) in [5, 5.41) is 10.7. The van der Waals surface area contributed by atoms with Gasteiger partial charge in [-0.1, -0.05) is 13.0 Å². The van der Waals surface area contributed by atoms with Crippen LogP contribution in [0, 0.1) is 0 Å². The molecule has 0 spiro atoms. The fourth-order valence-corrected chi connectivity index (χ4v) is 3.42. The minimum atomic E-state index is -0.562. The molecule has 0 saturated heterocycles. The number of nitrogens with zero attached hydrogens (tertiary/aromatic N) is 5. The standard InChI is InChI=1S/C24H24N8O3/c1-4-19(33)16-12-27-21(30-20-9-8-14(11-26-20)23(25)34)10-18(16)29-17-7-5-6-15(22(17)35-3)24-28-13-32(2)31-24/h5-13H,4H2,1-3H3,(H2,25,34)(H2,26,27,29,30). The van der Waals surface area contributed by atoms with Gasteiger partial charge >= 0.3 is 0 Å². The Kier molecular flexibility index (Phi) is 6.67. The summed E-state index contributed by atoms with van der Waals surface area (Å²) in [6.45, 7) is 1.79. The summed E-state index contributed by atoms with van der Waals surface area (Å²) in [7, 11) is 3.35. The predicted molar refractivity (Wildman–Crippen MR) is 131 cm³/mol. The highest BCUT2D eigenvalue weighted by atomic mass is 16.5. The zero-order valence-corrected chi connectivity index (χ0v) is 19.4. The number of nitrogens with two attached hydrogens (primary N) is 1. The molecule has 0 saturated carbocycles. The lowest BCUT2D eigenvalue weighted by atomic mass is 10.1. The normalized spacial score (nSPS) is 10.6. The summed E-state index contributed by atoms with van der Waals surface area (Å²) in [6.07, 6.45) is 4.80. The number of ether oxygens (including phenoxy) is 1. The first-order valence-corrected chi connectivity index (χ1v) is 10.8. The van der Waals surface area contributed by atoms with E-state index >= 15 is 0 Å². The molecule has 0 aliphatic rings. The van der Waals surface area contributed by atoms with Crippen molar-refractivity contribution < 1.29 is 14.3 Å². The number of aromatic nitrogens is 5. The van der Waals surface area contributed by atoms with Crippen molar-refractivity contribution in [2.24, 2.45) is 12.8 Å². The molecule has 0 bridgehead atoms. The number of nitrogens with one attached hydrogen (secondary N) is 2. The maximum Gasteiger partial charge on any atom is 0.250 e. The Hall–Kier alpha value is -4.80. The van der Waals surface area contributed by atoms with E-state index in [1.165, 1.54) is 12.4 Å². The number of para-hydroxylation sites is 1. The third-order valence-corrected chi connectivity index (χ3v) is 5.16. The average molecular weight is 473 g/mol. The lowest BCUT2D eigenvalue weighted by molar-refractivity contribution is 0.0984. The summed E-state index contributed by atoms with van der Waals surface area (Å²) < 4.78 is 7.29. The molecule has 11 heteroatoms. The number of pyridine rings is 2.